The lowest BCUT2D eigenvalue weighted by Gasteiger charge is -2.34. The van der Waals surface area contributed by atoms with Gasteiger partial charge in [0.15, 0.2) is 0 Å². The number of hydrogen-bond donors (Lipinski definition) is 2. The molecule has 0 radical (unpaired) electrons. The highest BCUT2D eigenvalue weighted by atomic mass is 35.5. The third-order valence-corrected chi connectivity index (χ3v) is 7.92. The number of nitrogens with one attached hydrogen (secondary N) is 2. The summed E-state index contributed by atoms with van der Waals surface area (Å²) in [6, 6.07) is 8.84. The number of carbonyl (C=O) groups excluding carboxylic acids is 1. The average Bonchev–Trinajstić information content (AvgIpc) is 3.75. The zero-order valence-electron chi connectivity index (χ0n) is 21.7. The lowest BCUT2D eigenvalue weighted by Crippen LogP contribution is -2.47. The number of rotatable bonds is 9. The minimum Gasteiger partial charge on any atom is -0.488 e. The molecule has 3 fully saturated rings. The molecule has 1 saturated heterocycles. The number of amides is 1. The van der Waals surface area contributed by atoms with E-state index >= 15 is 0 Å². The Labute approximate surface area is 232 Å². The van der Waals surface area contributed by atoms with Crippen LogP contribution in [0.15, 0.2) is 48.8 Å². The first kappa shape index (κ1) is 26.0. The highest BCUT2D eigenvalue weighted by Gasteiger charge is 2.30. The summed E-state index contributed by atoms with van der Waals surface area (Å²) in [6.45, 7) is 5.01. The quantitative estimate of drug-likeness (QED) is 0.346. The SMILES string of the molecule is O=C(/C=C/CN1CCN(C2CC2)CC1)Nc1cc2c(Nc3ccc(F)c(Cl)c3)ncnc2cc1OC1CCC1. The summed E-state index contributed by atoms with van der Waals surface area (Å²) in [5, 5.41) is 6.88. The van der Waals surface area contributed by atoms with Gasteiger partial charge < -0.3 is 15.4 Å². The van der Waals surface area contributed by atoms with Gasteiger partial charge in [-0.2, -0.15) is 0 Å². The van der Waals surface area contributed by atoms with Crippen molar-refractivity contribution in [3.63, 3.8) is 0 Å². The molecule has 10 heteroatoms. The fraction of sp³-hybridized carbons (Fsp3) is 0.414. The molecule has 3 aliphatic rings. The van der Waals surface area contributed by atoms with E-state index in [4.69, 9.17) is 16.3 Å². The topological polar surface area (TPSA) is 82.6 Å². The molecule has 2 aromatic carbocycles. The Morgan fingerprint density at radius 3 is 2.64 bits per heavy atom. The Morgan fingerprint density at radius 1 is 1.10 bits per heavy atom. The van der Waals surface area contributed by atoms with Gasteiger partial charge in [-0.05, 0) is 56.4 Å². The van der Waals surface area contributed by atoms with Crippen molar-refractivity contribution in [3.8, 4) is 5.75 Å². The smallest absolute Gasteiger partial charge is 0.248 e. The summed E-state index contributed by atoms with van der Waals surface area (Å²) in [4.78, 5) is 26.7. The summed E-state index contributed by atoms with van der Waals surface area (Å²) in [7, 11) is 0. The van der Waals surface area contributed by atoms with Crippen molar-refractivity contribution in [3.05, 3.63) is 59.7 Å². The summed E-state index contributed by atoms with van der Waals surface area (Å²) in [6.07, 6.45) is 10.9. The van der Waals surface area contributed by atoms with Crippen LogP contribution in [0.25, 0.3) is 10.9 Å². The zero-order valence-corrected chi connectivity index (χ0v) is 22.5. The summed E-state index contributed by atoms with van der Waals surface area (Å²) >= 11 is 5.96. The summed E-state index contributed by atoms with van der Waals surface area (Å²) in [5.74, 6) is 0.376. The number of fused-ring (bicyclic) bond motifs is 1. The van der Waals surface area contributed by atoms with Crippen LogP contribution in [0.2, 0.25) is 5.02 Å². The van der Waals surface area contributed by atoms with E-state index in [1.54, 1.807) is 12.1 Å². The molecule has 1 aliphatic heterocycles. The molecular weight excluding hydrogens is 519 g/mol. The molecule has 204 valence electrons. The van der Waals surface area contributed by atoms with Gasteiger partial charge in [0.25, 0.3) is 0 Å². The molecule has 0 bridgehead atoms. The minimum absolute atomic E-state index is 0.0130. The van der Waals surface area contributed by atoms with Gasteiger partial charge in [-0.1, -0.05) is 17.7 Å². The summed E-state index contributed by atoms with van der Waals surface area (Å²) < 4.78 is 19.9. The second kappa shape index (κ2) is 11.5. The van der Waals surface area contributed by atoms with Crippen molar-refractivity contribution in [2.75, 3.05) is 43.4 Å². The third-order valence-electron chi connectivity index (χ3n) is 7.63. The van der Waals surface area contributed by atoms with Gasteiger partial charge in [0.2, 0.25) is 5.91 Å². The van der Waals surface area contributed by atoms with Crippen molar-refractivity contribution in [1.82, 2.24) is 19.8 Å². The predicted octanol–water partition coefficient (Wildman–Crippen LogP) is 5.37. The van der Waals surface area contributed by atoms with Crippen molar-refractivity contribution in [2.45, 2.75) is 44.2 Å². The number of anilines is 3. The molecule has 1 aromatic heterocycles. The number of benzene rings is 2. The van der Waals surface area contributed by atoms with Crippen LogP contribution in [0.5, 0.6) is 5.75 Å². The van der Waals surface area contributed by atoms with E-state index in [9.17, 15) is 9.18 Å². The van der Waals surface area contributed by atoms with Gasteiger partial charge in [0.05, 0.1) is 22.3 Å². The molecule has 2 N–H and O–H groups in total. The van der Waals surface area contributed by atoms with Crippen LogP contribution in [0.1, 0.15) is 32.1 Å². The van der Waals surface area contributed by atoms with Crippen LogP contribution in [0.3, 0.4) is 0 Å². The number of aromatic nitrogens is 2. The van der Waals surface area contributed by atoms with Gasteiger partial charge in [-0.15, -0.1) is 0 Å². The Hall–Kier alpha value is -3.27. The standard InChI is InChI=1S/C29H32ClFN6O2/c30-23-15-19(6-9-24(23)31)34-29-22-16-26(27(39-21-3-1-4-21)17-25(22)32-18-33-29)35-28(38)5-2-10-36-11-13-37(14-12-36)20-7-8-20/h2,5-6,9,15-18,20-21H,1,3-4,7-8,10-14H2,(H,35,38)(H,32,33,34)/b5-2+. The first-order valence-corrected chi connectivity index (χ1v) is 14.0. The van der Waals surface area contributed by atoms with E-state index in [1.807, 2.05) is 18.2 Å². The number of hydrogen-bond acceptors (Lipinski definition) is 7. The van der Waals surface area contributed by atoms with Gasteiger partial charge in [-0.3, -0.25) is 14.6 Å². The third kappa shape index (κ3) is 6.32. The number of nitrogens with zero attached hydrogens (tertiary/aromatic N) is 4. The molecule has 6 rings (SSSR count). The monoisotopic (exact) mass is 550 g/mol. The largest absolute Gasteiger partial charge is 0.488 e. The molecule has 0 atom stereocenters. The van der Waals surface area contributed by atoms with Gasteiger partial charge in [-0.25, -0.2) is 14.4 Å². The first-order valence-electron chi connectivity index (χ1n) is 13.6. The highest BCUT2D eigenvalue weighted by molar-refractivity contribution is 6.31. The number of halogens is 2. The van der Waals surface area contributed by atoms with Crippen molar-refractivity contribution in [1.29, 1.82) is 0 Å². The predicted molar refractivity (Wildman–Crippen MR) is 151 cm³/mol. The molecule has 2 saturated carbocycles. The number of carbonyl (C=O) groups is 1. The van der Waals surface area contributed by atoms with E-state index in [0.29, 0.717) is 33.8 Å². The molecule has 2 aliphatic carbocycles. The van der Waals surface area contributed by atoms with Crippen LogP contribution in [-0.2, 0) is 4.79 Å². The average molecular weight is 551 g/mol. The van der Waals surface area contributed by atoms with E-state index in [-0.39, 0.29) is 17.0 Å². The summed E-state index contributed by atoms with van der Waals surface area (Å²) in [5.41, 5.74) is 1.80. The van der Waals surface area contributed by atoms with Crippen molar-refractivity contribution in [2.24, 2.45) is 0 Å². The van der Waals surface area contributed by atoms with E-state index in [1.165, 1.54) is 31.3 Å². The molecule has 39 heavy (non-hydrogen) atoms. The molecule has 0 unspecified atom stereocenters. The zero-order chi connectivity index (χ0) is 26.8. The van der Waals surface area contributed by atoms with Gasteiger partial charge in [0.1, 0.15) is 23.7 Å². The van der Waals surface area contributed by atoms with Crippen LogP contribution >= 0.6 is 11.6 Å². The maximum Gasteiger partial charge on any atom is 0.248 e. The first-order chi connectivity index (χ1) is 19.0. The normalized spacial score (nSPS) is 18.8. The molecular formula is C29H32ClFN6O2. The minimum atomic E-state index is -0.494. The van der Waals surface area contributed by atoms with Gasteiger partial charge >= 0.3 is 0 Å². The van der Waals surface area contributed by atoms with Gasteiger partial charge in [0, 0.05) is 62.0 Å². The van der Waals surface area contributed by atoms with Crippen molar-refractivity contribution >= 4 is 45.6 Å². The molecule has 2 heterocycles. The number of ether oxygens (including phenoxy) is 1. The lowest BCUT2D eigenvalue weighted by molar-refractivity contribution is -0.111. The second-order valence-corrected chi connectivity index (χ2v) is 10.9. The lowest BCUT2D eigenvalue weighted by atomic mass is 9.96. The maximum absolute atomic E-state index is 13.6. The van der Waals surface area contributed by atoms with Crippen molar-refractivity contribution < 1.29 is 13.9 Å². The van der Waals surface area contributed by atoms with Crippen LogP contribution in [0, 0.1) is 5.82 Å². The Balaban J connectivity index is 1.18. The van der Waals surface area contributed by atoms with E-state index < -0.39 is 5.82 Å². The Morgan fingerprint density at radius 2 is 1.92 bits per heavy atom. The molecule has 3 aromatic rings. The van der Waals surface area contributed by atoms with Crippen LogP contribution < -0.4 is 15.4 Å². The number of piperazine rings is 1. The van der Waals surface area contributed by atoms with E-state index in [2.05, 4.69) is 30.4 Å². The molecule has 0 spiro atoms. The molecule has 1 amide bonds. The Kier molecular flexibility index (Phi) is 7.63. The van der Waals surface area contributed by atoms with E-state index in [0.717, 1.165) is 58.0 Å². The Bertz CT molecular complexity index is 1390. The fourth-order valence-corrected chi connectivity index (χ4v) is 5.17. The second-order valence-electron chi connectivity index (χ2n) is 10.5. The molecule has 8 nitrogen and oxygen atoms in total. The highest BCUT2D eigenvalue weighted by Crippen LogP contribution is 2.36. The fourth-order valence-electron chi connectivity index (χ4n) is 4.99. The van der Waals surface area contributed by atoms with Crippen LogP contribution in [-0.4, -0.2) is 70.5 Å². The van der Waals surface area contributed by atoms with Crippen LogP contribution in [0.4, 0.5) is 21.6 Å². The maximum atomic E-state index is 13.6.